The second kappa shape index (κ2) is 10.2. The van der Waals surface area contributed by atoms with Gasteiger partial charge in [0.05, 0.1) is 6.54 Å². The van der Waals surface area contributed by atoms with Gasteiger partial charge in [0.1, 0.15) is 5.82 Å². The van der Waals surface area contributed by atoms with Crippen molar-refractivity contribution in [3.63, 3.8) is 0 Å². The van der Waals surface area contributed by atoms with Crippen LogP contribution < -0.4 is 0 Å². The van der Waals surface area contributed by atoms with Gasteiger partial charge in [0, 0.05) is 49.3 Å². The monoisotopic (exact) mass is 414 g/mol. The number of aromatic nitrogens is 1. The number of hydrogen-bond acceptors (Lipinski definition) is 2. The quantitative estimate of drug-likeness (QED) is 0.461. The first-order chi connectivity index (χ1) is 14.1. The lowest BCUT2D eigenvalue weighted by atomic mass is 10.1. The molecule has 1 amide bonds. The lowest BCUT2D eigenvalue weighted by molar-refractivity contribution is 0.0719. The fourth-order valence-electron chi connectivity index (χ4n) is 3.21. The maximum Gasteiger partial charge on any atom is 0.254 e. The molecular formula is C23H24ClFN2O2. The maximum atomic E-state index is 13.6. The third-order valence-electron chi connectivity index (χ3n) is 4.71. The van der Waals surface area contributed by atoms with Crippen LogP contribution in [0.5, 0.6) is 0 Å². The highest BCUT2D eigenvalue weighted by Gasteiger charge is 2.18. The smallest absolute Gasteiger partial charge is 0.254 e. The summed E-state index contributed by atoms with van der Waals surface area (Å²) in [5.41, 5.74) is 2.33. The van der Waals surface area contributed by atoms with Crippen LogP contribution in [-0.2, 0) is 17.8 Å². The van der Waals surface area contributed by atoms with E-state index >= 15 is 0 Å². The molecule has 3 aromatic rings. The standard InChI is InChI=1S/C23H24ClFN2O2/c1-29-14-6-13-27(23(28)18-8-4-9-20(25)15-18)17-21-10-5-12-26(21)16-19-7-2-3-11-22(19)24/h2-5,7-12,15H,6,13-14,16-17H2,1H3. The van der Waals surface area contributed by atoms with Crippen molar-refractivity contribution >= 4 is 17.5 Å². The summed E-state index contributed by atoms with van der Waals surface area (Å²) in [5.74, 6) is -0.624. The highest BCUT2D eigenvalue weighted by molar-refractivity contribution is 6.31. The van der Waals surface area contributed by atoms with Crippen LogP contribution in [0.4, 0.5) is 4.39 Å². The first-order valence-corrected chi connectivity index (χ1v) is 9.87. The van der Waals surface area contributed by atoms with Gasteiger partial charge in [-0.2, -0.15) is 0 Å². The Morgan fingerprint density at radius 2 is 1.97 bits per heavy atom. The fraction of sp³-hybridized carbons (Fsp3) is 0.261. The minimum Gasteiger partial charge on any atom is -0.385 e. The number of hydrogen-bond donors (Lipinski definition) is 0. The molecular weight excluding hydrogens is 391 g/mol. The molecule has 0 aliphatic heterocycles. The molecule has 0 atom stereocenters. The van der Waals surface area contributed by atoms with Crippen molar-refractivity contribution in [2.24, 2.45) is 0 Å². The number of ether oxygens (including phenoxy) is 1. The number of carbonyl (C=O) groups excluding carboxylic acids is 1. The van der Waals surface area contributed by atoms with E-state index in [1.165, 1.54) is 12.1 Å². The van der Waals surface area contributed by atoms with Crippen molar-refractivity contribution in [2.75, 3.05) is 20.3 Å². The summed E-state index contributed by atoms with van der Waals surface area (Å²) in [6.45, 7) is 2.09. The third kappa shape index (κ3) is 5.68. The molecule has 0 bridgehead atoms. The number of nitrogens with zero attached hydrogens (tertiary/aromatic N) is 2. The van der Waals surface area contributed by atoms with Gasteiger partial charge in [-0.05, 0) is 48.4 Å². The van der Waals surface area contributed by atoms with E-state index in [0.717, 1.165) is 11.3 Å². The molecule has 3 rings (SSSR count). The summed E-state index contributed by atoms with van der Waals surface area (Å²) < 4.78 is 20.8. The van der Waals surface area contributed by atoms with Crippen LogP contribution in [-0.4, -0.2) is 35.6 Å². The molecule has 152 valence electrons. The van der Waals surface area contributed by atoms with E-state index in [9.17, 15) is 9.18 Å². The van der Waals surface area contributed by atoms with E-state index in [1.54, 1.807) is 24.1 Å². The van der Waals surface area contributed by atoms with Gasteiger partial charge < -0.3 is 14.2 Å². The molecule has 29 heavy (non-hydrogen) atoms. The van der Waals surface area contributed by atoms with E-state index in [-0.39, 0.29) is 5.91 Å². The second-order valence-electron chi connectivity index (χ2n) is 6.80. The predicted octanol–water partition coefficient (Wildman–Crippen LogP) is 5.01. The number of amides is 1. The van der Waals surface area contributed by atoms with Crippen molar-refractivity contribution in [3.05, 3.63) is 94.5 Å². The minimum absolute atomic E-state index is 0.203. The maximum absolute atomic E-state index is 13.6. The molecule has 0 fully saturated rings. The zero-order valence-corrected chi connectivity index (χ0v) is 17.1. The van der Waals surface area contributed by atoms with Gasteiger partial charge in [-0.25, -0.2) is 4.39 Å². The SMILES string of the molecule is COCCCN(Cc1cccn1Cc1ccccc1Cl)C(=O)c1cccc(F)c1. The first-order valence-electron chi connectivity index (χ1n) is 9.49. The zero-order chi connectivity index (χ0) is 20.6. The van der Waals surface area contributed by atoms with Crippen LogP contribution in [0.25, 0.3) is 0 Å². The molecule has 0 aliphatic rings. The Bertz CT molecular complexity index is 957. The molecule has 0 N–H and O–H groups in total. The topological polar surface area (TPSA) is 34.5 Å². The Morgan fingerprint density at radius 1 is 1.14 bits per heavy atom. The van der Waals surface area contributed by atoms with Gasteiger partial charge in [0.15, 0.2) is 0 Å². The normalized spacial score (nSPS) is 10.9. The van der Waals surface area contributed by atoms with Gasteiger partial charge >= 0.3 is 0 Å². The van der Waals surface area contributed by atoms with Crippen molar-refractivity contribution in [3.8, 4) is 0 Å². The molecule has 0 saturated carbocycles. The molecule has 0 unspecified atom stereocenters. The summed E-state index contributed by atoms with van der Waals surface area (Å²) in [4.78, 5) is 14.8. The molecule has 1 aromatic heterocycles. The highest BCUT2D eigenvalue weighted by Crippen LogP contribution is 2.19. The lowest BCUT2D eigenvalue weighted by Gasteiger charge is -2.24. The Balaban J connectivity index is 1.80. The lowest BCUT2D eigenvalue weighted by Crippen LogP contribution is -2.33. The molecule has 6 heteroatoms. The summed E-state index contributed by atoms with van der Waals surface area (Å²) in [6.07, 6.45) is 2.67. The second-order valence-corrected chi connectivity index (χ2v) is 7.21. The Morgan fingerprint density at radius 3 is 2.72 bits per heavy atom. The summed E-state index contributed by atoms with van der Waals surface area (Å²) in [7, 11) is 1.63. The van der Waals surface area contributed by atoms with Gasteiger partial charge in [0.2, 0.25) is 0 Å². The predicted molar refractivity (Wildman–Crippen MR) is 113 cm³/mol. The third-order valence-corrected chi connectivity index (χ3v) is 5.08. The summed E-state index contributed by atoms with van der Waals surface area (Å²) in [6, 6.07) is 17.4. The Hall–Kier alpha value is -2.63. The minimum atomic E-state index is -0.421. The average molecular weight is 415 g/mol. The molecule has 0 spiro atoms. The summed E-state index contributed by atoms with van der Waals surface area (Å²) in [5, 5.41) is 0.708. The van der Waals surface area contributed by atoms with Crippen molar-refractivity contribution < 1.29 is 13.9 Å². The van der Waals surface area contributed by atoms with Crippen LogP contribution >= 0.6 is 11.6 Å². The Labute approximate surface area is 175 Å². The van der Waals surface area contributed by atoms with Crippen molar-refractivity contribution in [1.82, 2.24) is 9.47 Å². The van der Waals surface area contributed by atoms with E-state index in [2.05, 4.69) is 4.57 Å². The van der Waals surface area contributed by atoms with Crippen LogP contribution in [0, 0.1) is 5.82 Å². The zero-order valence-electron chi connectivity index (χ0n) is 16.4. The van der Waals surface area contributed by atoms with E-state index in [1.807, 2.05) is 42.6 Å². The molecule has 1 heterocycles. The number of carbonyl (C=O) groups is 1. The Kier molecular flexibility index (Phi) is 7.44. The molecule has 4 nitrogen and oxygen atoms in total. The van der Waals surface area contributed by atoms with Crippen LogP contribution in [0.1, 0.15) is 28.0 Å². The summed E-state index contributed by atoms with van der Waals surface area (Å²) >= 11 is 6.30. The average Bonchev–Trinajstić information content (AvgIpc) is 3.15. The number of methoxy groups -OCH3 is 1. The molecule has 0 aliphatic carbocycles. The van der Waals surface area contributed by atoms with Gasteiger partial charge in [-0.3, -0.25) is 4.79 Å². The van der Waals surface area contributed by atoms with Crippen molar-refractivity contribution in [1.29, 1.82) is 0 Å². The number of benzene rings is 2. The van der Waals surface area contributed by atoms with E-state index < -0.39 is 5.82 Å². The van der Waals surface area contributed by atoms with E-state index in [4.69, 9.17) is 16.3 Å². The number of rotatable bonds is 9. The molecule has 0 saturated heterocycles. The fourth-order valence-corrected chi connectivity index (χ4v) is 3.40. The van der Waals surface area contributed by atoms with E-state index in [0.29, 0.717) is 43.2 Å². The number of halogens is 2. The van der Waals surface area contributed by atoms with Crippen molar-refractivity contribution in [2.45, 2.75) is 19.5 Å². The van der Waals surface area contributed by atoms with Gasteiger partial charge in [-0.1, -0.05) is 35.9 Å². The van der Waals surface area contributed by atoms with Gasteiger partial charge in [-0.15, -0.1) is 0 Å². The first kappa shape index (κ1) is 21.1. The van der Waals surface area contributed by atoms with Crippen LogP contribution in [0.2, 0.25) is 5.02 Å². The highest BCUT2D eigenvalue weighted by atomic mass is 35.5. The van der Waals surface area contributed by atoms with Gasteiger partial charge in [0.25, 0.3) is 5.91 Å². The van der Waals surface area contributed by atoms with Crippen LogP contribution in [0.3, 0.4) is 0 Å². The molecule has 2 aromatic carbocycles. The largest absolute Gasteiger partial charge is 0.385 e. The molecule has 0 radical (unpaired) electrons. The van der Waals surface area contributed by atoms with Crippen LogP contribution in [0.15, 0.2) is 66.9 Å².